The Morgan fingerprint density at radius 2 is 1.60 bits per heavy atom. The summed E-state index contributed by atoms with van der Waals surface area (Å²) in [6.07, 6.45) is 12.6. The van der Waals surface area contributed by atoms with Gasteiger partial charge in [-0.25, -0.2) is 0 Å². The zero-order valence-electron chi connectivity index (χ0n) is 36.5. The molecule has 57 heavy (non-hydrogen) atoms. The van der Waals surface area contributed by atoms with E-state index >= 15 is 0 Å². The van der Waals surface area contributed by atoms with Crippen molar-refractivity contribution in [1.82, 2.24) is 10.2 Å². The van der Waals surface area contributed by atoms with Crippen molar-refractivity contribution in [2.75, 3.05) is 31.1 Å². The van der Waals surface area contributed by atoms with E-state index in [1.165, 1.54) is 79.8 Å². The molecule has 6 nitrogen and oxygen atoms in total. The topological polar surface area (TPSA) is 86.7 Å². The van der Waals surface area contributed by atoms with Gasteiger partial charge in [0.25, 0.3) is 0 Å². The highest BCUT2D eigenvalue weighted by atomic mass is 32.2. The van der Waals surface area contributed by atoms with Crippen LogP contribution in [0.3, 0.4) is 0 Å². The third-order valence-electron chi connectivity index (χ3n) is 18.6. The number of ketones is 2. The van der Waals surface area contributed by atoms with E-state index < -0.39 is 5.97 Å². The fourth-order valence-electron chi connectivity index (χ4n) is 15.5. The maximum atomic E-state index is 14.1. The molecule has 1 aromatic carbocycles. The van der Waals surface area contributed by atoms with Crippen LogP contribution in [0.15, 0.2) is 35.4 Å². The summed E-state index contributed by atoms with van der Waals surface area (Å²) < 4.78 is 0. The van der Waals surface area contributed by atoms with Gasteiger partial charge in [-0.1, -0.05) is 78.3 Å². The molecule has 0 radical (unpaired) electrons. The number of nitrogens with one attached hydrogen (secondary N) is 1. The molecule has 0 spiro atoms. The Hall–Kier alpha value is -1.96. The van der Waals surface area contributed by atoms with E-state index in [1.807, 2.05) is 6.92 Å². The minimum absolute atomic E-state index is 0.0146. The number of fused-ring (bicyclic) bond motifs is 7. The molecule has 1 aliphatic heterocycles. The highest BCUT2D eigenvalue weighted by Gasteiger charge is 2.66. The number of carbonyl (C=O) groups excluding carboxylic acids is 2. The minimum atomic E-state index is -0.743. The van der Waals surface area contributed by atoms with Crippen molar-refractivity contribution >= 4 is 29.3 Å². The maximum absolute atomic E-state index is 14.1. The molecular weight excluding hydrogens is 725 g/mol. The normalized spacial score (nSPS) is 40.2. The third kappa shape index (κ3) is 7.25. The fourth-order valence-corrected chi connectivity index (χ4v) is 16.4. The van der Waals surface area contributed by atoms with Crippen molar-refractivity contribution < 1.29 is 19.5 Å². The number of benzene rings is 1. The van der Waals surface area contributed by atoms with E-state index in [1.54, 1.807) is 5.57 Å². The molecule has 0 bridgehead atoms. The van der Waals surface area contributed by atoms with Gasteiger partial charge < -0.3 is 10.4 Å². The number of carboxylic acids is 1. The van der Waals surface area contributed by atoms with E-state index in [9.17, 15) is 19.5 Å². The Morgan fingerprint density at radius 1 is 0.895 bits per heavy atom. The number of carbonyl (C=O) groups is 3. The average molecular weight is 799 g/mol. The van der Waals surface area contributed by atoms with Gasteiger partial charge in [0.1, 0.15) is 5.78 Å². The first-order chi connectivity index (χ1) is 27.1. The number of thioether (sulfide) groups is 1. The number of carboxylic acid groups (broad SMARTS) is 1. The van der Waals surface area contributed by atoms with E-state index in [0.717, 1.165) is 45.3 Å². The molecule has 1 aromatic rings. The summed E-state index contributed by atoms with van der Waals surface area (Å²) in [5.74, 6) is 5.11. The largest absolute Gasteiger partial charge is 0.481 e. The fraction of sp³-hybridized carbons (Fsp3) is 0.780. The van der Waals surface area contributed by atoms with Gasteiger partial charge in [0.15, 0.2) is 5.78 Å². The van der Waals surface area contributed by atoms with Crippen LogP contribution in [0.2, 0.25) is 0 Å². The SMILES string of the molecule is CC(C)C1=C2C3CCC4C(C)(CCC5C(C)(C)C(CC(=O)C6CC(C(=O)O)C6C)CCC54C)C3CCC2(CCNCc2ccc(CN3CCSCC3)cc2)CC1=O. The van der Waals surface area contributed by atoms with Crippen molar-refractivity contribution in [1.29, 1.82) is 0 Å². The van der Waals surface area contributed by atoms with Crippen LogP contribution < -0.4 is 5.32 Å². The van der Waals surface area contributed by atoms with Crippen LogP contribution in [0, 0.1) is 74.9 Å². The molecule has 2 N–H and O–H groups in total. The first kappa shape index (κ1) is 41.8. The van der Waals surface area contributed by atoms with Crippen LogP contribution in [0.4, 0.5) is 0 Å². The molecule has 6 fully saturated rings. The van der Waals surface area contributed by atoms with Crippen LogP contribution in [0.1, 0.15) is 137 Å². The average Bonchev–Trinajstić information content (AvgIpc) is 3.47. The number of hydrogen-bond donors (Lipinski definition) is 2. The lowest BCUT2D eigenvalue weighted by Gasteiger charge is -2.69. The Balaban J connectivity index is 0.938. The quantitative estimate of drug-likeness (QED) is 0.204. The number of hydrogen-bond acceptors (Lipinski definition) is 6. The summed E-state index contributed by atoms with van der Waals surface area (Å²) in [4.78, 5) is 41.9. The summed E-state index contributed by atoms with van der Waals surface area (Å²) in [6.45, 7) is 22.0. The van der Waals surface area contributed by atoms with E-state index in [2.05, 4.69) is 87.8 Å². The summed E-state index contributed by atoms with van der Waals surface area (Å²) in [7, 11) is 0. The second-order valence-electron chi connectivity index (χ2n) is 21.9. The first-order valence-electron chi connectivity index (χ1n) is 23.2. The van der Waals surface area contributed by atoms with E-state index in [-0.39, 0.29) is 45.3 Å². The molecular formula is C50H74N2O4S. The van der Waals surface area contributed by atoms with Gasteiger partial charge in [-0.2, -0.15) is 11.8 Å². The lowest BCUT2D eigenvalue weighted by atomic mass is 9.35. The highest BCUT2D eigenvalue weighted by Crippen LogP contribution is 2.74. The smallest absolute Gasteiger partial charge is 0.306 e. The third-order valence-corrected chi connectivity index (χ3v) is 19.5. The summed E-state index contributed by atoms with van der Waals surface area (Å²) in [6, 6.07) is 9.25. The van der Waals surface area contributed by atoms with E-state index in [4.69, 9.17) is 0 Å². The second kappa shape index (κ2) is 15.8. The number of nitrogens with zero attached hydrogens (tertiary/aromatic N) is 1. The minimum Gasteiger partial charge on any atom is -0.481 e. The molecule has 7 aliphatic rings. The molecule has 11 unspecified atom stereocenters. The van der Waals surface area contributed by atoms with Gasteiger partial charge in [-0.3, -0.25) is 19.3 Å². The summed E-state index contributed by atoms with van der Waals surface area (Å²) in [5, 5.41) is 13.4. The van der Waals surface area contributed by atoms with Crippen LogP contribution >= 0.6 is 11.8 Å². The molecule has 8 rings (SSSR count). The Morgan fingerprint density at radius 3 is 2.28 bits per heavy atom. The number of Topliss-reactive ketones (excluding diaryl/α,β-unsaturated/α-hetero) is 2. The molecule has 5 saturated carbocycles. The summed E-state index contributed by atoms with van der Waals surface area (Å²) >= 11 is 2.07. The predicted octanol–water partition coefficient (Wildman–Crippen LogP) is 10.2. The second-order valence-corrected chi connectivity index (χ2v) is 23.1. The van der Waals surface area contributed by atoms with Crippen LogP contribution in [0.5, 0.6) is 0 Å². The van der Waals surface area contributed by atoms with Crippen molar-refractivity contribution in [3.63, 3.8) is 0 Å². The molecule has 11 atom stereocenters. The molecule has 314 valence electrons. The summed E-state index contributed by atoms with van der Waals surface area (Å²) in [5.41, 5.74) is 6.18. The highest BCUT2D eigenvalue weighted by molar-refractivity contribution is 7.99. The first-order valence-corrected chi connectivity index (χ1v) is 24.4. The zero-order chi connectivity index (χ0) is 40.5. The predicted molar refractivity (Wildman–Crippen MR) is 232 cm³/mol. The van der Waals surface area contributed by atoms with Gasteiger partial charge in [-0.05, 0) is 145 Å². The number of rotatable bonds is 12. The number of allylic oxidation sites excluding steroid dienone is 2. The van der Waals surface area contributed by atoms with E-state index in [0.29, 0.717) is 54.0 Å². The van der Waals surface area contributed by atoms with Crippen LogP contribution in [-0.4, -0.2) is 58.7 Å². The molecule has 0 amide bonds. The molecule has 1 saturated heterocycles. The van der Waals surface area contributed by atoms with Crippen molar-refractivity contribution in [2.45, 2.75) is 139 Å². The van der Waals surface area contributed by atoms with Gasteiger partial charge in [0.2, 0.25) is 0 Å². The number of aliphatic carboxylic acids is 1. The van der Waals surface area contributed by atoms with Crippen molar-refractivity contribution in [2.24, 2.45) is 74.9 Å². The molecule has 0 aromatic heterocycles. The van der Waals surface area contributed by atoms with Gasteiger partial charge in [-0.15, -0.1) is 0 Å². The Labute approximate surface area is 348 Å². The molecule has 7 heteroatoms. The molecule has 6 aliphatic carbocycles. The molecule has 1 heterocycles. The van der Waals surface area contributed by atoms with Crippen LogP contribution in [0.25, 0.3) is 0 Å². The Kier molecular flexibility index (Phi) is 11.6. The van der Waals surface area contributed by atoms with Crippen LogP contribution in [-0.2, 0) is 27.5 Å². The van der Waals surface area contributed by atoms with Gasteiger partial charge in [0, 0.05) is 61.9 Å². The lowest BCUT2D eigenvalue weighted by molar-refractivity contribution is -0.193. The standard InChI is InChI=1S/C50H74N2O4S/c1-31(2)44-41(54)28-50(20-21-51-29-33-8-10-34(11-9-33)30-52-22-24-57-25-23-52)19-15-39-36(45(44)50)12-13-43-48(39,6)18-16-42-47(4,5)35(14-17-49(42,43)7)26-40(53)37-27-38(32(37)3)46(55)56/h8-11,31-32,35-39,42-43,51H,12-30H2,1-7H3,(H,55,56). The maximum Gasteiger partial charge on any atom is 0.306 e. The Bertz CT molecular complexity index is 1730. The monoisotopic (exact) mass is 799 g/mol. The van der Waals surface area contributed by atoms with Crippen molar-refractivity contribution in [3.8, 4) is 0 Å². The van der Waals surface area contributed by atoms with Gasteiger partial charge in [0.05, 0.1) is 5.92 Å². The lowest BCUT2D eigenvalue weighted by Crippen LogP contribution is -2.62. The van der Waals surface area contributed by atoms with Gasteiger partial charge >= 0.3 is 5.97 Å². The van der Waals surface area contributed by atoms with Crippen molar-refractivity contribution in [3.05, 3.63) is 46.5 Å². The zero-order valence-corrected chi connectivity index (χ0v) is 37.3.